The predicted octanol–water partition coefficient (Wildman–Crippen LogP) is 0.895. The Kier molecular flexibility index (Phi) is 4.30. The molecular weight excluding hydrogens is 240 g/mol. The van der Waals surface area contributed by atoms with Gasteiger partial charge in [-0.2, -0.15) is 5.10 Å². The van der Waals surface area contributed by atoms with Crippen LogP contribution in [0.15, 0.2) is 42.7 Å². The minimum Gasteiger partial charge on any atom is -0.351 e. The Morgan fingerprint density at radius 3 is 2.74 bits per heavy atom. The van der Waals surface area contributed by atoms with Gasteiger partial charge in [-0.25, -0.2) is 0 Å². The third kappa shape index (κ3) is 3.66. The Morgan fingerprint density at radius 1 is 1.37 bits per heavy atom. The number of aromatic nitrogens is 2. The van der Waals surface area contributed by atoms with E-state index in [9.17, 15) is 4.79 Å². The summed E-state index contributed by atoms with van der Waals surface area (Å²) in [5, 5.41) is 7.01. The van der Waals surface area contributed by atoms with Gasteiger partial charge in [-0.15, -0.1) is 0 Å². The Bertz CT molecular complexity index is 534. The lowest BCUT2D eigenvalue weighted by Crippen LogP contribution is -2.38. The molecule has 0 aliphatic heterocycles. The van der Waals surface area contributed by atoms with Crippen LogP contribution in [0.5, 0.6) is 0 Å². The number of carbonyl (C=O) groups excluding carboxylic acids is 1. The summed E-state index contributed by atoms with van der Waals surface area (Å²) in [6.07, 6.45) is 3.66. The van der Waals surface area contributed by atoms with Gasteiger partial charge in [0.15, 0.2) is 0 Å². The molecule has 5 nitrogen and oxygen atoms in total. The van der Waals surface area contributed by atoms with Crippen molar-refractivity contribution < 1.29 is 4.79 Å². The van der Waals surface area contributed by atoms with Gasteiger partial charge in [-0.05, 0) is 24.1 Å². The molecule has 1 aromatic heterocycles. The molecule has 0 saturated heterocycles. The van der Waals surface area contributed by atoms with E-state index in [2.05, 4.69) is 10.4 Å². The zero-order valence-electron chi connectivity index (χ0n) is 10.9. The van der Waals surface area contributed by atoms with Crippen LogP contribution < -0.4 is 11.1 Å². The van der Waals surface area contributed by atoms with E-state index in [1.807, 2.05) is 41.2 Å². The van der Waals surface area contributed by atoms with E-state index >= 15 is 0 Å². The summed E-state index contributed by atoms with van der Waals surface area (Å²) in [6, 6.07) is 9.38. The monoisotopic (exact) mass is 258 g/mol. The number of amides is 1. The van der Waals surface area contributed by atoms with Gasteiger partial charge in [-0.3, -0.25) is 9.48 Å². The fourth-order valence-electron chi connectivity index (χ4n) is 1.80. The summed E-state index contributed by atoms with van der Waals surface area (Å²) in [5.41, 5.74) is 7.73. The summed E-state index contributed by atoms with van der Waals surface area (Å²) in [4.78, 5) is 11.5. The van der Waals surface area contributed by atoms with Crippen LogP contribution in [0, 0.1) is 0 Å². The molecule has 0 saturated carbocycles. The standard InChI is InChI=1S/C14H18N4O/c1-11(15)14(19)16-9-12-5-2-3-6-13(12)10-18-8-4-7-17-18/h2-8,11H,9-10,15H2,1H3,(H,16,19)/t11-/m1/s1. The van der Waals surface area contributed by atoms with Crippen LogP contribution >= 0.6 is 0 Å². The zero-order valence-corrected chi connectivity index (χ0v) is 10.9. The Balaban J connectivity index is 2.06. The summed E-state index contributed by atoms with van der Waals surface area (Å²) < 4.78 is 1.85. The van der Waals surface area contributed by atoms with E-state index in [0.29, 0.717) is 13.1 Å². The topological polar surface area (TPSA) is 72.9 Å². The third-order valence-corrected chi connectivity index (χ3v) is 2.88. The van der Waals surface area contributed by atoms with Crippen molar-refractivity contribution in [3.63, 3.8) is 0 Å². The minimum absolute atomic E-state index is 0.145. The first kappa shape index (κ1) is 13.3. The van der Waals surface area contributed by atoms with Crippen LogP contribution in [-0.2, 0) is 17.9 Å². The fourth-order valence-corrected chi connectivity index (χ4v) is 1.80. The second kappa shape index (κ2) is 6.15. The van der Waals surface area contributed by atoms with Gasteiger partial charge in [-0.1, -0.05) is 24.3 Å². The number of nitrogens with zero attached hydrogens (tertiary/aromatic N) is 2. The fraction of sp³-hybridized carbons (Fsp3) is 0.286. The van der Waals surface area contributed by atoms with E-state index < -0.39 is 6.04 Å². The Hall–Kier alpha value is -2.14. The first-order valence-corrected chi connectivity index (χ1v) is 6.24. The van der Waals surface area contributed by atoms with Crippen LogP contribution in [0.2, 0.25) is 0 Å². The van der Waals surface area contributed by atoms with Crippen LogP contribution in [-0.4, -0.2) is 21.7 Å². The SMILES string of the molecule is C[C@@H](N)C(=O)NCc1ccccc1Cn1cccn1. The molecule has 0 unspecified atom stereocenters. The number of hydrogen-bond donors (Lipinski definition) is 2. The molecule has 5 heteroatoms. The first-order chi connectivity index (χ1) is 9.16. The Labute approximate surface area is 112 Å². The molecule has 2 rings (SSSR count). The molecule has 19 heavy (non-hydrogen) atoms. The van der Waals surface area contributed by atoms with Gasteiger partial charge in [0.25, 0.3) is 0 Å². The van der Waals surface area contributed by atoms with Gasteiger partial charge in [0.05, 0.1) is 12.6 Å². The van der Waals surface area contributed by atoms with Crippen molar-refractivity contribution in [2.45, 2.75) is 26.1 Å². The highest BCUT2D eigenvalue weighted by molar-refractivity contribution is 5.80. The molecule has 3 N–H and O–H groups in total. The summed E-state index contributed by atoms with van der Waals surface area (Å²) in [7, 11) is 0. The lowest BCUT2D eigenvalue weighted by Gasteiger charge is -2.12. The number of nitrogens with one attached hydrogen (secondary N) is 1. The molecule has 0 fully saturated rings. The maximum absolute atomic E-state index is 11.5. The van der Waals surface area contributed by atoms with Crippen molar-refractivity contribution in [2.75, 3.05) is 0 Å². The highest BCUT2D eigenvalue weighted by atomic mass is 16.2. The Morgan fingerprint density at radius 2 is 2.11 bits per heavy atom. The largest absolute Gasteiger partial charge is 0.351 e. The maximum Gasteiger partial charge on any atom is 0.236 e. The summed E-state index contributed by atoms with van der Waals surface area (Å²) in [6.45, 7) is 2.85. The molecule has 1 atom stereocenters. The number of benzene rings is 1. The van der Waals surface area contributed by atoms with Crippen molar-refractivity contribution in [1.29, 1.82) is 0 Å². The minimum atomic E-state index is -0.488. The van der Waals surface area contributed by atoms with Crippen molar-refractivity contribution >= 4 is 5.91 Å². The van der Waals surface area contributed by atoms with Gasteiger partial charge >= 0.3 is 0 Å². The molecule has 0 bridgehead atoms. The second-order valence-electron chi connectivity index (χ2n) is 4.48. The lowest BCUT2D eigenvalue weighted by atomic mass is 10.1. The molecule has 2 aromatic rings. The van der Waals surface area contributed by atoms with Gasteiger partial charge in [0.2, 0.25) is 5.91 Å². The van der Waals surface area contributed by atoms with Crippen molar-refractivity contribution in [3.05, 3.63) is 53.9 Å². The van der Waals surface area contributed by atoms with E-state index in [0.717, 1.165) is 11.1 Å². The number of nitrogens with two attached hydrogens (primary N) is 1. The summed E-state index contributed by atoms with van der Waals surface area (Å²) in [5.74, 6) is -0.145. The molecule has 1 heterocycles. The van der Waals surface area contributed by atoms with E-state index in [-0.39, 0.29) is 5.91 Å². The average molecular weight is 258 g/mol. The average Bonchev–Trinajstić information content (AvgIpc) is 2.90. The van der Waals surface area contributed by atoms with Crippen LogP contribution in [0.4, 0.5) is 0 Å². The normalized spacial score (nSPS) is 12.1. The van der Waals surface area contributed by atoms with Crippen LogP contribution in [0.25, 0.3) is 0 Å². The molecule has 100 valence electrons. The van der Waals surface area contributed by atoms with Crippen LogP contribution in [0.1, 0.15) is 18.1 Å². The van der Waals surface area contributed by atoms with Crippen LogP contribution in [0.3, 0.4) is 0 Å². The quantitative estimate of drug-likeness (QED) is 0.836. The van der Waals surface area contributed by atoms with Crippen molar-refractivity contribution in [1.82, 2.24) is 15.1 Å². The molecule has 1 amide bonds. The smallest absolute Gasteiger partial charge is 0.236 e. The first-order valence-electron chi connectivity index (χ1n) is 6.24. The second-order valence-corrected chi connectivity index (χ2v) is 4.48. The molecule has 0 radical (unpaired) electrons. The molecule has 1 aromatic carbocycles. The van der Waals surface area contributed by atoms with E-state index in [1.54, 1.807) is 13.1 Å². The van der Waals surface area contributed by atoms with Gasteiger partial charge in [0, 0.05) is 18.9 Å². The molecule has 0 spiro atoms. The van der Waals surface area contributed by atoms with Gasteiger partial charge in [0.1, 0.15) is 0 Å². The highest BCUT2D eigenvalue weighted by Crippen LogP contribution is 2.10. The molecular formula is C14H18N4O. The maximum atomic E-state index is 11.5. The van der Waals surface area contributed by atoms with Crippen molar-refractivity contribution in [2.24, 2.45) is 5.73 Å². The van der Waals surface area contributed by atoms with E-state index in [1.165, 1.54) is 0 Å². The number of carbonyl (C=O) groups is 1. The lowest BCUT2D eigenvalue weighted by molar-refractivity contribution is -0.122. The number of hydrogen-bond acceptors (Lipinski definition) is 3. The predicted molar refractivity (Wildman–Crippen MR) is 73.3 cm³/mol. The molecule has 0 aliphatic rings. The van der Waals surface area contributed by atoms with Gasteiger partial charge < -0.3 is 11.1 Å². The summed E-state index contributed by atoms with van der Waals surface area (Å²) >= 11 is 0. The van der Waals surface area contributed by atoms with E-state index in [4.69, 9.17) is 5.73 Å². The van der Waals surface area contributed by atoms with Crippen molar-refractivity contribution in [3.8, 4) is 0 Å². The third-order valence-electron chi connectivity index (χ3n) is 2.88. The number of rotatable bonds is 5. The molecule has 0 aliphatic carbocycles. The zero-order chi connectivity index (χ0) is 13.7. The highest BCUT2D eigenvalue weighted by Gasteiger charge is 2.08.